The predicted molar refractivity (Wildman–Crippen MR) is 95.5 cm³/mol. The highest BCUT2D eigenvalue weighted by Crippen LogP contribution is 2.29. The summed E-state index contributed by atoms with van der Waals surface area (Å²) >= 11 is 0. The number of alkyl carbamates (subject to hydrolysis) is 1. The molecule has 1 N–H and O–H groups in total. The highest BCUT2D eigenvalue weighted by atomic mass is 16.6. The van der Waals surface area contributed by atoms with Gasteiger partial charge in [-0.15, -0.1) is 0 Å². The topological polar surface area (TPSA) is 73.9 Å². The highest BCUT2D eigenvalue weighted by molar-refractivity contribution is 6.07. The molecule has 1 heterocycles. The van der Waals surface area contributed by atoms with Crippen LogP contribution in [0.3, 0.4) is 0 Å². The smallest absolute Gasteiger partial charge is 0.419 e. The van der Waals surface area contributed by atoms with Crippen LogP contribution in [0.4, 0.5) is 4.79 Å². The maximum absolute atomic E-state index is 11.4. The van der Waals surface area contributed by atoms with Crippen molar-refractivity contribution in [3.05, 3.63) is 77.6 Å². The van der Waals surface area contributed by atoms with E-state index in [1.807, 2.05) is 47.8 Å². The number of ether oxygens (including phenoxy) is 3. The number of benzene rings is 2. The molecule has 0 atom stereocenters. The average Bonchev–Trinajstić information content (AvgIpc) is 2.98. The van der Waals surface area contributed by atoms with Crippen LogP contribution in [0.1, 0.15) is 11.1 Å². The van der Waals surface area contributed by atoms with Crippen LogP contribution in [-0.4, -0.2) is 19.1 Å². The number of methoxy groups -OCH3 is 1. The van der Waals surface area contributed by atoms with Crippen LogP contribution in [0.2, 0.25) is 0 Å². The van der Waals surface area contributed by atoms with E-state index in [-0.39, 0.29) is 5.76 Å². The van der Waals surface area contributed by atoms with Crippen molar-refractivity contribution in [3.8, 4) is 11.5 Å². The largest absolute Gasteiger partial charge is 0.493 e. The van der Waals surface area contributed by atoms with Crippen molar-refractivity contribution in [2.75, 3.05) is 7.11 Å². The van der Waals surface area contributed by atoms with Gasteiger partial charge in [0.1, 0.15) is 6.61 Å². The van der Waals surface area contributed by atoms with Gasteiger partial charge in [-0.3, -0.25) is 10.1 Å². The summed E-state index contributed by atoms with van der Waals surface area (Å²) < 4.78 is 15.9. The van der Waals surface area contributed by atoms with Crippen LogP contribution >= 0.6 is 0 Å². The van der Waals surface area contributed by atoms with Gasteiger partial charge in [-0.05, 0) is 29.3 Å². The first-order chi connectivity index (χ1) is 12.7. The molecule has 2 amide bonds. The Labute approximate surface area is 150 Å². The van der Waals surface area contributed by atoms with Crippen LogP contribution in [0.15, 0.2) is 66.4 Å². The molecule has 6 heteroatoms. The van der Waals surface area contributed by atoms with Crippen molar-refractivity contribution < 1.29 is 23.8 Å². The first-order valence-corrected chi connectivity index (χ1v) is 7.92. The van der Waals surface area contributed by atoms with E-state index in [0.29, 0.717) is 18.1 Å². The normalized spacial score (nSPS) is 15.2. The molecule has 1 aliphatic heterocycles. The van der Waals surface area contributed by atoms with Crippen LogP contribution in [0, 0.1) is 0 Å². The molecular weight excluding hydrogens is 334 g/mol. The van der Waals surface area contributed by atoms with E-state index < -0.39 is 12.0 Å². The Morgan fingerprint density at radius 3 is 2.58 bits per heavy atom. The number of carbonyl (C=O) groups excluding carboxylic acids is 2. The summed E-state index contributed by atoms with van der Waals surface area (Å²) in [5, 5.41) is 2.03. The van der Waals surface area contributed by atoms with E-state index >= 15 is 0 Å². The lowest BCUT2D eigenvalue weighted by Crippen LogP contribution is -2.18. The molecule has 6 nitrogen and oxygen atoms in total. The number of cyclic esters (lactones) is 1. The Balaban J connectivity index is 1.72. The standard InChI is InChI=1S/C20H17NO5/c1-24-16-11-10-14(8-5-9-17-19(22)21-20(23)26-17)12-18(16)25-13-15-6-3-2-4-7-15/h2-12H,13H2,1H3,(H,21,22,23). The zero-order valence-corrected chi connectivity index (χ0v) is 14.1. The lowest BCUT2D eigenvalue weighted by Gasteiger charge is -2.11. The minimum atomic E-state index is -0.768. The van der Waals surface area contributed by atoms with Crippen LogP contribution in [-0.2, 0) is 16.1 Å². The lowest BCUT2D eigenvalue weighted by molar-refractivity contribution is -0.116. The number of imide groups is 1. The van der Waals surface area contributed by atoms with E-state index in [2.05, 4.69) is 0 Å². The Hall–Kier alpha value is -3.54. The third-order valence-electron chi connectivity index (χ3n) is 3.60. The number of nitrogens with one attached hydrogen (secondary N) is 1. The third-order valence-corrected chi connectivity index (χ3v) is 3.60. The zero-order valence-electron chi connectivity index (χ0n) is 14.1. The van der Waals surface area contributed by atoms with Crippen molar-refractivity contribution in [1.29, 1.82) is 0 Å². The van der Waals surface area contributed by atoms with Gasteiger partial charge in [0.25, 0.3) is 5.91 Å². The number of carbonyl (C=O) groups is 2. The number of rotatable bonds is 6. The Bertz CT molecular complexity index is 871. The molecule has 2 aromatic rings. The molecule has 0 radical (unpaired) electrons. The van der Waals surface area contributed by atoms with Gasteiger partial charge in [0.05, 0.1) is 7.11 Å². The Morgan fingerprint density at radius 1 is 1.08 bits per heavy atom. The van der Waals surface area contributed by atoms with Gasteiger partial charge in [0, 0.05) is 0 Å². The number of hydrogen-bond acceptors (Lipinski definition) is 5. The molecule has 132 valence electrons. The van der Waals surface area contributed by atoms with Crippen molar-refractivity contribution in [3.63, 3.8) is 0 Å². The van der Waals surface area contributed by atoms with Gasteiger partial charge in [-0.25, -0.2) is 4.79 Å². The predicted octanol–water partition coefficient (Wildman–Crippen LogP) is 3.44. The molecule has 0 saturated carbocycles. The summed E-state index contributed by atoms with van der Waals surface area (Å²) in [5.41, 5.74) is 1.89. The first-order valence-electron chi connectivity index (χ1n) is 7.92. The summed E-state index contributed by atoms with van der Waals surface area (Å²) in [6, 6.07) is 15.3. The minimum Gasteiger partial charge on any atom is -0.493 e. The molecule has 1 saturated heterocycles. The second-order valence-corrected chi connectivity index (χ2v) is 5.42. The van der Waals surface area contributed by atoms with Crippen LogP contribution < -0.4 is 14.8 Å². The van der Waals surface area contributed by atoms with Gasteiger partial charge in [0.15, 0.2) is 17.3 Å². The number of allylic oxidation sites excluding steroid dienone is 2. The quantitative estimate of drug-likeness (QED) is 0.807. The molecule has 2 aromatic carbocycles. The van der Waals surface area contributed by atoms with Gasteiger partial charge in [-0.2, -0.15) is 0 Å². The van der Waals surface area contributed by atoms with E-state index in [4.69, 9.17) is 14.2 Å². The molecule has 0 aliphatic carbocycles. The van der Waals surface area contributed by atoms with E-state index in [0.717, 1.165) is 11.1 Å². The molecule has 0 bridgehead atoms. The summed E-state index contributed by atoms with van der Waals surface area (Å²) in [4.78, 5) is 22.3. The van der Waals surface area contributed by atoms with E-state index in [1.165, 1.54) is 6.08 Å². The van der Waals surface area contributed by atoms with Gasteiger partial charge in [-0.1, -0.05) is 48.6 Å². The maximum atomic E-state index is 11.4. The molecule has 0 aromatic heterocycles. The minimum absolute atomic E-state index is 0.0414. The zero-order chi connectivity index (χ0) is 18.4. The lowest BCUT2D eigenvalue weighted by atomic mass is 10.2. The molecule has 0 spiro atoms. The molecule has 26 heavy (non-hydrogen) atoms. The number of hydrogen-bond donors (Lipinski definition) is 1. The van der Waals surface area contributed by atoms with Crippen molar-refractivity contribution in [2.45, 2.75) is 6.61 Å². The molecule has 0 unspecified atom stereocenters. The van der Waals surface area contributed by atoms with Gasteiger partial charge < -0.3 is 14.2 Å². The van der Waals surface area contributed by atoms with Crippen molar-refractivity contribution >= 4 is 18.1 Å². The fraction of sp³-hybridized carbons (Fsp3) is 0.100. The summed E-state index contributed by atoms with van der Waals surface area (Å²) in [6.07, 6.45) is 4.04. The summed E-state index contributed by atoms with van der Waals surface area (Å²) in [7, 11) is 1.58. The van der Waals surface area contributed by atoms with Crippen LogP contribution in [0.25, 0.3) is 6.08 Å². The van der Waals surface area contributed by atoms with Crippen molar-refractivity contribution in [1.82, 2.24) is 5.32 Å². The van der Waals surface area contributed by atoms with Gasteiger partial charge >= 0.3 is 6.09 Å². The Morgan fingerprint density at radius 2 is 1.88 bits per heavy atom. The van der Waals surface area contributed by atoms with Crippen LogP contribution in [0.5, 0.6) is 11.5 Å². The first kappa shape index (κ1) is 17.3. The van der Waals surface area contributed by atoms with E-state index in [1.54, 1.807) is 25.3 Å². The van der Waals surface area contributed by atoms with E-state index in [9.17, 15) is 9.59 Å². The van der Waals surface area contributed by atoms with Gasteiger partial charge in [0.2, 0.25) is 0 Å². The molecule has 1 aliphatic rings. The summed E-state index contributed by atoms with van der Waals surface area (Å²) in [6.45, 7) is 0.421. The number of amides is 2. The fourth-order valence-electron chi connectivity index (χ4n) is 2.33. The Kier molecular flexibility index (Phi) is 5.34. The summed E-state index contributed by atoms with van der Waals surface area (Å²) in [5.74, 6) is 0.637. The molecule has 1 fully saturated rings. The highest BCUT2D eigenvalue weighted by Gasteiger charge is 2.25. The maximum Gasteiger partial charge on any atom is 0.419 e. The molecule has 3 rings (SSSR count). The third kappa shape index (κ3) is 4.30. The second-order valence-electron chi connectivity index (χ2n) is 5.42. The fourth-order valence-corrected chi connectivity index (χ4v) is 2.33. The molecular formula is C20H17NO5. The SMILES string of the molecule is COc1ccc(C=CC=C2OC(=O)NC2=O)cc1OCc1ccccc1. The second kappa shape index (κ2) is 8.02. The monoisotopic (exact) mass is 351 g/mol. The average molecular weight is 351 g/mol. The van der Waals surface area contributed by atoms with Crippen molar-refractivity contribution in [2.24, 2.45) is 0 Å².